The van der Waals surface area contributed by atoms with E-state index in [0.29, 0.717) is 10.7 Å². The fraction of sp³-hybridized carbons (Fsp3) is 0. The lowest BCUT2D eigenvalue weighted by atomic mass is 10.1. The Morgan fingerprint density at radius 2 is 1.74 bits per heavy atom. The van der Waals surface area contributed by atoms with Crippen molar-refractivity contribution in [2.24, 2.45) is 0 Å². The highest BCUT2D eigenvalue weighted by Gasteiger charge is 2.25. The molecule has 1 aliphatic heterocycles. The van der Waals surface area contributed by atoms with Crippen LogP contribution in [0.1, 0.15) is 16.1 Å². The van der Waals surface area contributed by atoms with Crippen LogP contribution in [0.3, 0.4) is 0 Å². The van der Waals surface area contributed by atoms with Crippen molar-refractivity contribution in [3.63, 3.8) is 0 Å². The zero-order valence-electron chi connectivity index (χ0n) is 12.0. The molecule has 0 unspecified atom stereocenters. The zero-order valence-corrected chi connectivity index (χ0v) is 14.4. The predicted molar refractivity (Wildman–Crippen MR) is 96.5 cm³/mol. The van der Waals surface area contributed by atoms with E-state index in [1.54, 1.807) is 0 Å². The molecular formula is C19H11BrO2S. The monoisotopic (exact) mass is 382 g/mol. The number of halogens is 1. The molecule has 112 valence electrons. The first-order valence-corrected chi connectivity index (χ1v) is 8.71. The fourth-order valence-electron chi connectivity index (χ4n) is 2.46. The molecule has 0 amide bonds. The van der Waals surface area contributed by atoms with E-state index in [0.717, 1.165) is 26.3 Å². The van der Waals surface area contributed by atoms with Gasteiger partial charge >= 0.3 is 0 Å². The zero-order chi connectivity index (χ0) is 15.8. The maximum Gasteiger partial charge on any atom is 0.200 e. The third kappa shape index (κ3) is 2.80. The van der Waals surface area contributed by atoms with Crippen LogP contribution in [0, 0.1) is 0 Å². The summed E-state index contributed by atoms with van der Waals surface area (Å²) in [4.78, 5) is 14.1. The first-order valence-electron chi connectivity index (χ1n) is 7.10. The highest BCUT2D eigenvalue weighted by molar-refractivity contribution is 9.10. The lowest BCUT2D eigenvalue weighted by Gasteiger charge is -1.97. The highest BCUT2D eigenvalue weighted by Crippen LogP contribution is 2.40. The second kappa shape index (κ2) is 5.87. The average Bonchev–Trinajstić information content (AvgIpc) is 3.15. The highest BCUT2D eigenvalue weighted by atomic mass is 79.9. The summed E-state index contributed by atoms with van der Waals surface area (Å²) in [6, 6.07) is 19.4. The molecular weight excluding hydrogens is 372 g/mol. The van der Waals surface area contributed by atoms with Gasteiger partial charge < -0.3 is 4.42 Å². The van der Waals surface area contributed by atoms with Crippen molar-refractivity contribution in [3.8, 4) is 11.3 Å². The maximum absolute atomic E-state index is 12.4. The Morgan fingerprint density at radius 1 is 0.957 bits per heavy atom. The van der Waals surface area contributed by atoms with Crippen molar-refractivity contribution in [1.82, 2.24) is 0 Å². The Labute approximate surface area is 146 Å². The molecule has 1 aliphatic rings. The van der Waals surface area contributed by atoms with Crippen molar-refractivity contribution in [3.05, 3.63) is 81.4 Å². The van der Waals surface area contributed by atoms with Gasteiger partial charge in [-0.1, -0.05) is 52.0 Å². The molecule has 0 saturated carbocycles. The summed E-state index contributed by atoms with van der Waals surface area (Å²) in [6.45, 7) is 0. The van der Waals surface area contributed by atoms with Gasteiger partial charge in [0.1, 0.15) is 11.5 Å². The lowest BCUT2D eigenvalue weighted by Crippen LogP contribution is -1.93. The van der Waals surface area contributed by atoms with E-state index in [4.69, 9.17) is 4.42 Å². The molecule has 0 atom stereocenters. The van der Waals surface area contributed by atoms with Crippen molar-refractivity contribution in [2.75, 3.05) is 0 Å². The summed E-state index contributed by atoms with van der Waals surface area (Å²) in [7, 11) is 0. The van der Waals surface area contributed by atoms with Crippen LogP contribution in [0.15, 0.2) is 79.4 Å². The molecule has 2 aromatic carbocycles. The maximum atomic E-state index is 12.4. The van der Waals surface area contributed by atoms with Crippen molar-refractivity contribution in [1.29, 1.82) is 0 Å². The van der Waals surface area contributed by atoms with E-state index in [1.165, 1.54) is 11.8 Å². The topological polar surface area (TPSA) is 30.2 Å². The molecule has 0 aliphatic carbocycles. The molecule has 0 radical (unpaired) electrons. The number of carbonyl (C=O) groups is 1. The fourth-order valence-corrected chi connectivity index (χ4v) is 3.76. The summed E-state index contributed by atoms with van der Waals surface area (Å²) < 4.78 is 6.89. The molecule has 3 aromatic rings. The van der Waals surface area contributed by atoms with E-state index >= 15 is 0 Å². The van der Waals surface area contributed by atoms with E-state index in [9.17, 15) is 4.79 Å². The van der Waals surface area contributed by atoms with Gasteiger partial charge in [0.15, 0.2) is 0 Å². The molecule has 2 heterocycles. The van der Waals surface area contributed by atoms with E-state index in [2.05, 4.69) is 15.9 Å². The molecule has 2 nitrogen and oxygen atoms in total. The number of Topliss-reactive ketones (excluding diaryl/α,β-unsaturated/α-hetero) is 1. The van der Waals surface area contributed by atoms with Gasteiger partial charge in [0.2, 0.25) is 5.78 Å². The summed E-state index contributed by atoms with van der Waals surface area (Å²) in [5, 5.41) is 0. The van der Waals surface area contributed by atoms with Crippen LogP contribution in [0.25, 0.3) is 17.4 Å². The number of fused-ring (bicyclic) bond motifs is 1. The molecule has 0 spiro atoms. The number of hydrogen-bond donors (Lipinski definition) is 0. The third-order valence-electron chi connectivity index (χ3n) is 3.60. The Balaban J connectivity index is 1.64. The van der Waals surface area contributed by atoms with Crippen LogP contribution in [0.4, 0.5) is 0 Å². The Bertz CT molecular complexity index is 923. The van der Waals surface area contributed by atoms with Crippen LogP contribution >= 0.6 is 27.7 Å². The van der Waals surface area contributed by atoms with E-state index < -0.39 is 0 Å². The Kier molecular flexibility index (Phi) is 3.71. The molecule has 4 heteroatoms. The molecule has 0 N–H and O–H groups in total. The van der Waals surface area contributed by atoms with Gasteiger partial charge in [-0.2, -0.15) is 0 Å². The molecule has 1 aromatic heterocycles. The first-order chi connectivity index (χ1) is 11.2. The number of ketones is 1. The summed E-state index contributed by atoms with van der Waals surface area (Å²) in [6.07, 6.45) is 1.81. The molecule has 0 fully saturated rings. The van der Waals surface area contributed by atoms with Crippen LogP contribution in [0.5, 0.6) is 0 Å². The number of carbonyl (C=O) groups excluding carboxylic acids is 1. The van der Waals surface area contributed by atoms with Gasteiger partial charge in [0.05, 0.1) is 4.91 Å². The number of rotatable bonds is 2. The molecule has 0 saturated heterocycles. The summed E-state index contributed by atoms with van der Waals surface area (Å²) in [5.74, 6) is 1.54. The number of benzene rings is 2. The quantitative estimate of drug-likeness (QED) is 0.506. The Hall–Kier alpha value is -2.04. The predicted octanol–water partition coefficient (Wildman–Crippen LogP) is 6.04. The second-order valence-electron chi connectivity index (χ2n) is 5.14. The van der Waals surface area contributed by atoms with Crippen LogP contribution in [0.2, 0.25) is 0 Å². The number of hydrogen-bond acceptors (Lipinski definition) is 3. The van der Waals surface area contributed by atoms with Crippen molar-refractivity contribution < 1.29 is 9.21 Å². The average molecular weight is 383 g/mol. The second-order valence-corrected chi connectivity index (χ2v) is 7.14. The number of thioether (sulfide) groups is 1. The minimum atomic E-state index is 0.0622. The largest absolute Gasteiger partial charge is 0.457 e. The van der Waals surface area contributed by atoms with E-state index in [-0.39, 0.29) is 5.78 Å². The lowest BCUT2D eigenvalue weighted by molar-refractivity contribution is 0.104. The molecule has 23 heavy (non-hydrogen) atoms. The van der Waals surface area contributed by atoms with Crippen LogP contribution in [-0.4, -0.2) is 5.78 Å². The van der Waals surface area contributed by atoms with Gasteiger partial charge in [-0.3, -0.25) is 4.79 Å². The normalized spacial score (nSPS) is 15.2. The third-order valence-corrected chi connectivity index (χ3v) is 5.23. The van der Waals surface area contributed by atoms with Crippen molar-refractivity contribution in [2.45, 2.75) is 4.90 Å². The number of furan rings is 1. The standard InChI is InChI=1S/C19H11BrO2S/c20-13-7-5-12(6-8-13)16-10-9-14(22-16)11-18-19(21)15-3-1-2-4-17(15)23-18/h1-11H. The first kappa shape index (κ1) is 14.5. The van der Waals surface area contributed by atoms with Crippen LogP contribution < -0.4 is 0 Å². The molecule has 0 bridgehead atoms. The van der Waals surface area contributed by atoms with Gasteiger partial charge in [-0.15, -0.1) is 0 Å². The SMILES string of the molecule is O=C1C(=Cc2ccc(-c3ccc(Br)cc3)o2)Sc2ccccc21. The molecule has 4 rings (SSSR count). The summed E-state index contributed by atoms with van der Waals surface area (Å²) >= 11 is 4.91. The van der Waals surface area contributed by atoms with Crippen molar-refractivity contribution >= 4 is 39.6 Å². The smallest absolute Gasteiger partial charge is 0.200 e. The van der Waals surface area contributed by atoms with E-state index in [1.807, 2.05) is 66.7 Å². The van der Waals surface area contributed by atoms with Gasteiger partial charge in [0.25, 0.3) is 0 Å². The van der Waals surface area contributed by atoms with Gasteiger partial charge in [-0.05, 0) is 42.5 Å². The van der Waals surface area contributed by atoms with Gasteiger partial charge in [0, 0.05) is 20.5 Å². The Morgan fingerprint density at radius 3 is 2.52 bits per heavy atom. The van der Waals surface area contributed by atoms with Gasteiger partial charge in [-0.25, -0.2) is 0 Å². The van der Waals surface area contributed by atoms with Crippen LogP contribution in [-0.2, 0) is 0 Å². The summed E-state index contributed by atoms with van der Waals surface area (Å²) in [5.41, 5.74) is 1.77. The minimum absolute atomic E-state index is 0.0622. The minimum Gasteiger partial charge on any atom is -0.457 e. The number of allylic oxidation sites excluding steroid dienone is 1.